The second-order valence-electron chi connectivity index (χ2n) is 5.18. The summed E-state index contributed by atoms with van der Waals surface area (Å²) in [4.78, 5) is 12.6. The molecule has 114 valence electrons. The largest absolute Gasteiger partial charge is 0.419 e. The van der Waals surface area contributed by atoms with Crippen LogP contribution >= 0.6 is 23.5 Å². The van der Waals surface area contributed by atoms with Gasteiger partial charge in [0.1, 0.15) is 0 Å². The molecule has 0 saturated carbocycles. The van der Waals surface area contributed by atoms with Gasteiger partial charge in [-0.2, -0.15) is 0 Å². The fraction of sp³-hybridized carbons (Fsp3) is 0.188. The van der Waals surface area contributed by atoms with E-state index in [1.807, 2.05) is 44.2 Å². The summed E-state index contributed by atoms with van der Waals surface area (Å²) in [7, 11) is 1.70. The lowest BCUT2D eigenvalue weighted by Crippen LogP contribution is -2.08. The lowest BCUT2D eigenvalue weighted by molar-refractivity contribution is 0.528. The maximum Gasteiger partial charge on any atom is 0.419 e. The van der Waals surface area contributed by atoms with Gasteiger partial charge in [-0.3, -0.25) is 4.57 Å². The average Bonchev–Trinajstić information content (AvgIpc) is 2.75. The zero-order valence-electron chi connectivity index (χ0n) is 12.4. The Hall–Kier alpha value is -1.85. The Kier molecular flexibility index (Phi) is 3.93. The Labute approximate surface area is 137 Å². The van der Waals surface area contributed by atoms with Gasteiger partial charge in [0.15, 0.2) is 5.58 Å². The second kappa shape index (κ2) is 5.74. The van der Waals surface area contributed by atoms with Crippen LogP contribution in [0.4, 0.5) is 5.69 Å². The summed E-state index contributed by atoms with van der Waals surface area (Å²) in [6.45, 7) is 3.96. The summed E-state index contributed by atoms with van der Waals surface area (Å²) in [5.74, 6) is -0.349. The van der Waals surface area contributed by atoms with E-state index in [0.717, 1.165) is 32.2 Å². The van der Waals surface area contributed by atoms with Crippen LogP contribution in [0.1, 0.15) is 11.1 Å². The summed E-state index contributed by atoms with van der Waals surface area (Å²) < 4.78 is 10.00. The highest BCUT2D eigenvalue weighted by Crippen LogP contribution is 2.29. The third-order valence-electron chi connectivity index (χ3n) is 3.53. The van der Waals surface area contributed by atoms with E-state index in [-0.39, 0.29) is 5.76 Å². The van der Waals surface area contributed by atoms with Crippen molar-refractivity contribution in [3.05, 3.63) is 57.0 Å². The Morgan fingerprint density at radius 2 is 1.95 bits per heavy atom. The fourth-order valence-electron chi connectivity index (χ4n) is 2.19. The van der Waals surface area contributed by atoms with Crippen molar-refractivity contribution >= 4 is 40.3 Å². The number of rotatable bonds is 3. The topological polar surface area (TPSA) is 47.2 Å². The number of hydrogen-bond donors (Lipinski definition) is 1. The van der Waals surface area contributed by atoms with E-state index in [0.29, 0.717) is 5.58 Å². The smallest absolute Gasteiger partial charge is 0.408 e. The average molecular weight is 335 g/mol. The number of fused-ring (bicyclic) bond motifs is 1. The van der Waals surface area contributed by atoms with E-state index < -0.39 is 0 Å². The van der Waals surface area contributed by atoms with Crippen molar-refractivity contribution < 1.29 is 4.42 Å². The van der Waals surface area contributed by atoms with Crippen LogP contribution in [0.3, 0.4) is 0 Å². The molecule has 0 atom stereocenters. The van der Waals surface area contributed by atoms with Gasteiger partial charge in [-0.05, 0) is 67.3 Å². The van der Waals surface area contributed by atoms with E-state index >= 15 is 0 Å². The minimum Gasteiger partial charge on any atom is -0.408 e. The van der Waals surface area contributed by atoms with Gasteiger partial charge in [-0.15, -0.1) is 0 Å². The zero-order chi connectivity index (χ0) is 15.9. The van der Waals surface area contributed by atoms with Crippen LogP contribution in [0.5, 0.6) is 0 Å². The van der Waals surface area contributed by atoms with Crippen LogP contribution < -0.4 is 10.5 Å². The van der Waals surface area contributed by atoms with Crippen LogP contribution in [-0.2, 0) is 7.05 Å². The molecule has 1 aromatic heterocycles. The Balaban J connectivity index is 1.90. The molecule has 0 unspecified atom stereocenters. The Morgan fingerprint density at radius 3 is 2.68 bits per heavy atom. The lowest BCUT2D eigenvalue weighted by Gasteiger charge is -2.09. The number of hydrogen-bond acceptors (Lipinski definition) is 4. The monoisotopic (exact) mass is 334 g/mol. The first kappa shape index (κ1) is 15.1. The van der Waals surface area contributed by atoms with Crippen molar-refractivity contribution in [3.63, 3.8) is 0 Å². The maximum atomic E-state index is 11.6. The molecule has 1 heterocycles. The highest BCUT2D eigenvalue weighted by atomic mass is 35.5. The quantitative estimate of drug-likeness (QED) is 0.715. The molecule has 0 saturated heterocycles. The number of aromatic nitrogens is 1. The van der Waals surface area contributed by atoms with Gasteiger partial charge in [0.25, 0.3) is 0 Å². The number of nitrogens with zero attached hydrogens (tertiary/aromatic N) is 1. The molecule has 0 spiro atoms. The normalized spacial score (nSPS) is 11.1. The summed E-state index contributed by atoms with van der Waals surface area (Å²) in [5, 5.41) is 0.751. The first-order chi connectivity index (χ1) is 10.5. The molecule has 22 heavy (non-hydrogen) atoms. The van der Waals surface area contributed by atoms with E-state index in [2.05, 4.69) is 4.72 Å². The van der Waals surface area contributed by atoms with Gasteiger partial charge in [0, 0.05) is 22.7 Å². The van der Waals surface area contributed by atoms with E-state index in [1.165, 1.54) is 16.5 Å². The standard InChI is InChI=1S/C16H15ClN2O2S/c1-9-6-11(4-5-12(9)17)18-22-15-8-13-14(7-10(15)2)21-16(20)19(13)3/h4-8,18H,1-3H3. The van der Waals surface area contributed by atoms with Crippen molar-refractivity contribution in [1.82, 2.24) is 4.57 Å². The number of anilines is 1. The van der Waals surface area contributed by atoms with Gasteiger partial charge in [0.05, 0.1) is 5.52 Å². The Bertz CT molecular complexity index is 914. The van der Waals surface area contributed by atoms with E-state index in [9.17, 15) is 4.79 Å². The number of oxazole rings is 1. The van der Waals surface area contributed by atoms with Crippen molar-refractivity contribution in [2.24, 2.45) is 7.05 Å². The SMILES string of the molecule is Cc1cc(NSc2cc3c(cc2C)oc(=O)n3C)ccc1Cl. The van der Waals surface area contributed by atoms with Crippen molar-refractivity contribution in [1.29, 1.82) is 0 Å². The number of aryl methyl sites for hydroxylation is 3. The molecule has 0 aliphatic carbocycles. The third-order valence-corrected chi connectivity index (χ3v) is 4.95. The van der Waals surface area contributed by atoms with Crippen molar-refractivity contribution in [3.8, 4) is 0 Å². The predicted octanol–water partition coefficient (Wildman–Crippen LogP) is 4.52. The lowest BCUT2D eigenvalue weighted by atomic mass is 10.2. The summed E-state index contributed by atoms with van der Waals surface area (Å²) in [6, 6.07) is 9.64. The molecule has 0 amide bonds. The molecule has 3 rings (SSSR count). The van der Waals surface area contributed by atoms with Crippen LogP contribution in [0, 0.1) is 13.8 Å². The fourth-order valence-corrected chi connectivity index (χ4v) is 3.05. The molecule has 0 aliphatic rings. The molecule has 0 fully saturated rings. The van der Waals surface area contributed by atoms with Gasteiger partial charge >= 0.3 is 5.76 Å². The molecule has 0 bridgehead atoms. The second-order valence-corrected chi connectivity index (χ2v) is 6.44. The molecular formula is C16H15ClN2O2S. The number of benzene rings is 2. The molecule has 1 N–H and O–H groups in total. The summed E-state index contributed by atoms with van der Waals surface area (Å²) >= 11 is 7.53. The molecule has 4 nitrogen and oxygen atoms in total. The highest BCUT2D eigenvalue weighted by Gasteiger charge is 2.10. The van der Waals surface area contributed by atoms with Gasteiger partial charge in [-0.1, -0.05) is 11.6 Å². The molecule has 0 radical (unpaired) electrons. The molecule has 3 aromatic rings. The van der Waals surface area contributed by atoms with Gasteiger partial charge in [-0.25, -0.2) is 4.79 Å². The molecular weight excluding hydrogens is 320 g/mol. The minimum absolute atomic E-state index is 0.349. The Morgan fingerprint density at radius 1 is 1.18 bits per heavy atom. The zero-order valence-corrected chi connectivity index (χ0v) is 14.0. The number of halogens is 1. The minimum atomic E-state index is -0.349. The third kappa shape index (κ3) is 2.74. The summed E-state index contributed by atoms with van der Waals surface area (Å²) in [5.41, 5.74) is 4.44. The van der Waals surface area contributed by atoms with Crippen LogP contribution in [0.25, 0.3) is 11.1 Å². The first-order valence-corrected chi connectivity index (χ1v) is 7.94. The van der Waals surface area contributed by atoms with E-state index in [1.54, 1.807) is 7.05 Å². The van der Waals surface area contributed by atoms with Gasteiger partial charge in [0.2, 0.25) is 0 Å². The molecule has 6 heteroatoms. The van der Waals surface area contributed by atoms with Crippen molar-refractivity contribution in [2.45, 2.75) is 18.7 Å². The van der Waals surface area contributed by atoms with Crippen molar-refractivity contribution in [2.75, 3.05) is 4.72 Å². The first-order valence-electron chi connectivity index (χ1n) is 6.75. The highest BCUT2D eigenvalue weighted by molar-refractivity contribution is 8.00. The van der Waals surface area contributed by atoms with E-state index in [4.69, 9.17) is 16.0 Å². The molecule has 0 aliphatic heterocycles. The molecule has 2 aromatic carbocycles. The van der Waals surface area contributed by atoms with Crippen LogP contribution in [-0.4, -0.2) is 4.57 Å². The van der Waals surface area contributed by atoms with Gasteiger partial charge < -0.3 is 9.14 Å². The van der Waals surface area contributed by atoms with Crippen LogP contribution in [0.2, 0.25) is 5.02 Å². The number of nitrogens with one attached hydrogen (secondary N) is 1. The maximum absolute atomic E-state index is 11.6. The van der Waals surface area contributed by atoms with Crippen LogP contribution in [0.15, 0.2) is 44.4 Å². The predicted molar refractivity (Wildman–Crippen MR) is 91.9 cm³/mol. The summed E-state index contributed by atoms with van der Waals surface area (Å²) in [6.07, 6.45) is 0.